The van der Waals surface area contributed by atoms with Gasteiger partial charge in [-0.3, -0.25) is 4.68 Å². The number of nitrogens with one attached hydrogen (secondary N) is 1. The van der Waals surface area contributed by atoms with Crippen LogP contribution in [0.4, 0.5) is 5.69 Å². The average molecular weight is 291 g/mol. The van der Waals surface area contributed by atoms with Crippen molar-refractivity contribution in [2.45, 2.75) is 39.3 Å². The number of piperidine rings is 3. The Morgan fingerprint density at radius 1 is 1.29 bits per heavy atom. The first kappa shape index (κ1) is 14.9. The van der Waals surface area contributed by atoms with Gasteiger partial charge in [0, 0.05) is 25.3 Å². The topological polar surface area (TPSA) is 36.3 Å². The molecule has 3 aliphatic heterocycles. The molecule has 4 heterocycles. The number of likely N-dealkylation sites (N-methyl/N-ethyl adjacent to an activating group) is 1. The maximum absolute atomic E-state index is 4.50. The summed E-state index contributed by atoms with van der Waals surface area (Å²) < 4.78 is 2.07. The van der Waals surface area contributed by atoms with E-state index in [1.54, 1.807) is 0 Å². The quantitative estimate of drug-likeness (QED) is 0.830. The minimum Gasteiger partial charge on any atom is -0.378 e. The van der Waals surface area contributed by atoms with Gasteiger partial charge in [0.1, 0.15) is 0 Å². The maximum Gasteiger partial charge on any atom is 0.0729 e. The van der Waals surface area contributed by atoms with Crippen molar-refractivity contribution in [3.8, 4) is 0 Å². The molecule has 2 bridgehead atoms. The van der Waals surface area contributed by atoms with E-state index < -0.39 is 0 Å². The summed E-state index contributed by atoms with van der Waals surface area (Å²) in [5, 5.41) is 8.21. The molecule has 118 valence electrons. The number of hydrogen-bond acceptors (Lipinski definition) is 4. The fourth-order valence-corrected chi connectivity index (χ4v) is 3.69. The summed E-state index contributed by atoms with van der Waals surface area (Å²) in [4.78, 5) is 5.02. The normalized spacial score (nSPS) is 28.2. The summed E-state index contributed by atoms with van der Waals surface area (Å²) in [6, 6.07) is 0.618. The van der Waals surface area contributed by atoms with Gasteiger partial charge in [0.25, 0.3) is 0 Å². The molecule has 1 aromatic heterocycles. The zero-order valence-corrected chi connectivity index (χ0v) is 13.5. The standard InChI is InChI=1S/C16H29N5/c1-3-19(4-2)9-10-21-12-15(11-17-21)18-16-13-20-7-5-14(16)6-8-20/h11-12,14,16,18H,3-10,13H2,1-2H3. The Morgan fingerprint density at radius 3 is 2.67 bits per heavy atom. The second-order valence-corrected chi connectivity index (χ2v) is 6.41. The number of anilines is 1. The number of rotatable bonds is 7. The van der Waals surface area contributed by atoms with Gasteiger partial charge in [-0.05, 0) is 44.9 Å². The van der Waals surface area contributed by atoms with E-state index in [0.29, 0.717) is 6.04 Å². The zero-order valence-electron chi connectivity index (χ0n) is 13.5. The highest BCUT2D eigenvalue weighted by molar-refractivity contribution is 5.40. The Kier molecular flexibility index (Phi) is 4.80. The fraction of sp³-hybridized carbons (Fsp3) is 0.812. The van der Waals surface area contributed by atoms with Gasteiger partial charge >= 0.3 is 0 Å². The van der Waals surface area contributed by atoms with Crippen LogP contribution in [-0.4, -0.2) is 64.9 Å². The van der Waals surface area contributed by atoms with E-state index in [1.165, 1.54) is 38.2 Å². The molecule has 3 fully saturated rings. The molecule has 1 unspecified atom stereocenters. The van der Waals surface area contributed by atoms with E-state index >= 15 is 0 Å². The summed E-state index contributed by atoms with van der Waals surface area (Å²) in [5.41, 5.74) is 1.19. The highest BCUT2D eigenvalue weighted by Gasteiger charge is 2.33. The first-order valence-corrected chi connectivity index (χ1v) is 8.52. The van der Waals surface area contributed by atoms with Gasteiger partial charge in [-0.2, -0.15) is 5.10 Å². The molecule has 5 heteroatoms. The molecule has 0 aliphatic carbocycles. The van der Waals surface area contributed by atoms with Crippen LogP contribution in [0.1, 0.15) is 26.7 Å². The van der Waals surface area contributed by atoms with Crippen molar-refractivity contribution in [1.29, 1.82) is 0 Å². The fourth-order valence-electron chi connectivity index (χ4n) is 3.69. The van der Waals surface area contributed by atoms with Crippen molar-refractivity contribution >= 4 is 5.69 Å². The lowest BCUT2D eigenvalue weighted by molar-refractivity contribution is 0.0975. The molecule has 0 amide bonds. The lowest BCUT2D eigenvalue weighted by Gasteiger charge is -2.45. The zero-order chi connectivity index (χ0) is 14.7. The number of fused-ring (bicyclic) bond motifs is 3. The van der Waals surface area contributed by atoms with E-state index in [-0.39, 0.29) is 0 Å². The minimum absolute atomic E-state index is 0.618. The van der Waals surface area contributed by atoms with Crippen molar-refractivity contribution in [3.05, 3.63) is 12.4 Å². The molecule has 21 heavy (non-hydrogen) atoms. The van der Waals surface area contributed by atoms with Crippen LogP contribution < -0.4 is 5.32 Å². The van der Waals surface area contributed by atoms with E-state index in [0.717, 1.165) is 32.1 Å². The highest BCUT2D eigenvalue weighted by Crippen LogP contribution is 2.29. The molecule has 3 saturated heterocycles. The summed E-state index contributed by atoms with van der Waals surface area (Å²) in [5.74, 6) is 0.856. The van der Waals surface area contributed by atoms with Crippen molar-refractivity contribution < 1.29 is 0 Å². The average Bonchev–Trinajstić information content (AvgIpc) is 2.97. The molecule has 3 aliphatic rings. The lowest BCUT2D eigenvalue weighted by atomic mass is 9.84. The van der Waals surface area contributed by atoms with Crippen LogP contribution in [-0.2, 0) is 6.54 Å². The maximum atomic E-state index is 4.50. The number of nitrogens with zero attached hydrogens (tertiary/aromatic N) is 4. The molecule has 0 radical (unpaired) electrons. The second-order valence-electron chi connectivity index (χ2n) is 6.41. The Bertz CT molecular complexity index is 432. The SMILES string of the molecule is CCN(CC)CCn1cc(NC2CN3CCC2CC3)cn1. The van der Waals surface area contributed by atoms with Crippen LogP contribution in [0.25, 0.3) is 0 Å². The van der Waals surface area contributed by atoms with E-state index in [9.17, 15) is 0 Å². The Balaban J connectivity index is 1.51. The number of hydrogen-bond donors (Lipinski definition) is 1. The third kappa shape index (κ3) is 3.58. The molecule has 0 aromatic carbocycles. The Morgan fingerprint density at radius 2 is 2.05 bits per heavy atom. The van der Waals surface area contributed by atoms with Gasteiger partial charge in [-0.1, -0.05) is 13.8 Å². The summed E-state index contributed by atoms with van der Waals surface area (Å²) in [7, 11) is 0. The molecule has 0 saturated carbocycles. The molecule has 1 atom stereocenters. The Labute approximate surface area is 128 Å². The first-order valence-electron chi connectivity index (χ1n) is 8.52. The predicted molar refractivity (Wildman–Crippen MR) is 86.6 cm³/mol. The predicted octanol–water partition coefficient (Wildman–Crippen LogP) is 1.73. The molecule has 5 nitrogen and oxygen atoms in total. The van der Waals surface area contributed by atoms with Crippen LogP contribution in [0.3, 0.4) is 0 Å². The largest absolute Gasteiger partial charge is 0.378 e. The van der Waals surface area contributed by atoms with Crippen LogP contribution in [0.5, 0.6) is 0 Å². The molecule has 1 aromatic rings. The van der Waals surface area contributed by atoms with Crippen molar-refractivity contribution in [1.82, 2.24) is 19.6 Å². The van der Waals surface area contributed by atoms with E-state index in [1.807, 2.05) is 6.20 Å². The van der Waals surface area contributed by atoms with Gasteiger partial charge in [0.15, 0.2) is 0 Å². The molecule has 0 spiro atoms. The van der Waals surface area contributed by atoms with Crippen LogP contribution >= 0.6 is 0 Å². The number of aromatic nitrogens is 2. The van der Waals surface area contributed by atoms with E-state index in [2.05, 4.69) is 44.9 Å². The minimum atomic E-state index is 0.618. The molecule has 1 N–H and O–H groups in total. The summed E-state index contributed by atoms with van der Waals surface area (Å²) in [6.45, 7) is 12.5. The van der Waals surface area contributed by atoms with Gasteiger partial charge in [-0.25, -0.2) is 0 Å². The van der Waals surface area contributed by atoms with Crippen LogP contribution in [0.2, 0.25) is 0 Å². The third-order valence-corrected chi connectivity index (χ3v) is 5.18. The van der Waals surface area contributed by atoms with Gasteiger partial charge in [0.05, 0.1) is 18.4 Å². The summed E-state index contributed by atoms with van der Waals surface area (Å²) in [6.07, 6.45) is 6.86. The van der Waals surface area contributed by atoms with E-state index in [4.69, 9.17) is 0 Å². The van der Waals surface area contributed by atoms with Gasteiger partial charge in [-0.15, -0.1) is 0 Å². The Hall–Kier alpha value is -1.07. The van der Waals surface area contributed by atoms with Crippen molar-refractivity contribution in [2.24, 2.45) is 5.92 Å². The highest BCUT2D eigenvalue weighted by atomic mass is 15.3. The van der Waals surface area contributed by atoms with Gasteiger partial charge in [0.2, 0.25) is 0 Å². The smallest absolute Gasteiger partial charge is 0.0729 e. The van der Waals surface area contributed by atoms with Gasteiger partial charge < -0.3 is 15.1 Å². The second kappa shape index (κ2) is 6.79. The lowest BCUT2D eigenvalue weighted by Crippen LogP contribution is -2.53. The van der Waals surface area contributed by atoms with Crippen molar-refractivity contribution in [3.63, 3.8) is 0 Å². The first-order chi connectivity index (χ1) is 10.3. The molecule has 4 rings (SSSR count). The molecular formula is C16H29N5. The van der Waals surface area contributed by atoms with Crippen molar-refractivity contribution in [2.75, 3.05) is 44.6 Å². The summed E-state index contributed by atoms with van der Waals surface area (Å²) >= 11 is 0. The van der Waals surface area contributed by atoms with Crippen LogP contribution in [0, 0.1) is 5.92 Å². The van der Waals surface area contributed by atoms with Crippen LogP contribution in [0.15, 0.2) is 12.4 Å². The molecular weight excluding hydrogens is 262 g/mol. The third-order valence-electron chi connectivity index (χ3n) is 5.18. The monoisotopic (exact) mass is 291 g/mol.